The molecule has 0 spiro atoms. The molecule has 1 amide bonds. The number of nitrogens with one attached hydrogen (secondary N) is 2. The molecule has 7 nitrogen and oxygen atoms in total. The molecule has 0 radical (unpaired) electrons. The van der Waals surface area contributed by atoms with Crippen molar-refractivity contribution < 1.29 is 9.53 Å². The van der Waals surface area contributed by atoms with Crippen molar-refractivity contribution in [2.24, 2.45) is 0 Å². The van der Waals surface area contributed by atoms with Gasteiger partial charge in [-0.3, -0.25) is 9.69 Å². The lowest BCUT2D eigenvalue weighted by molar-refractivity contribution is 0.0398. The molecule has 0 atom stereocenters. The molecule has 1 fully saturated rings. The topological polar surface area (TPSA) is 69.7 Å². The van der Waals surface area contributed by atoms with E-state index in [0.717, 1.165) is 51.8 Å². The number of pyridine rings is 1. The molecule has 23 heavy (non-hydrogen) atoms. The van der Waals surface area contributed by atoms with Crippen LogP contribution in [0.25, 0.3) is 0 Å². The van der Waals surface area contributed by atoms with E-state index in [2.05, 4.69) is 20.5 Å². The van der Waals surface area contributed by atoms with Crippen molar-refractivity contribution in [2.45, 2.75) is 0 Å². The Morgan fingerprint density at radius 1 is 1.30 bits per heavy atom. The van der Waals surface area contributed by atoms with E-state index in [9.17, 15) is 4.79 Å². The van der Waals surface area contributed by atoms with Gasteiger partial charge in [0.1, 0.15) is 5.82 Å². The molecule has 0 saturated carbocycles. The minimum atomic E-state index is -0.0841. The maximum atomic E-state index is 11.9. The highest BCUT2D eigenvalue weighted by atomic mass is 16.5. The molecule has 1 aromatic rings. The largest absolute Gasteiger partial charge is 0.379 e. The number of morpholine rings is 1. The quantitative estimate of drug-likeness (QED) is 0.709. The number of nitrogens with zero attached hydrogens (tertiary/aromatic N) is 3. The monoisotopic (exact) mass is 321 g/mol. The van der Waals surface area contributed by atoms with Crippen molar-refractivity contribution in [3.8, 4) is 0 Å². The van der Waals surface area contributed by atoms with Gasteiger partial charge in [-0.1, -0.05) is 0 Å². The van der Waals surface area contributed by atoms with Crippen LogP contribution < -0.4 is 10.6 Å². The first-order chi connectivity index (χ1) is 11.1. The first-order valence-corrected chi connectivity index (χ1v) is 8.08. The molecule has 2 rings (SSSR count). The molecule has 0 aromatic carbocycles. The maximum Gasteiger partial charge on any atom is 0.252 e. The van der Waals surface area contributed by atoms with Crippen molar-refractivity contribution in [2.75, 3.05) is 71.9 Å². The highest BCUT2D eigenvalue weighted by Crippen LogP contribution is 2.05. The van der Waals surface area contributed by atoms with Crippen LogP contribution in [0, 0.1) is 0 Å². The van der Waals surface area contributed by atoms with Crippen molar-refractivity contribution in [3.05, 3.63) is 23.9 Å². The highest BCUT2D eigenvalue weighted by Gasteiger charge is 2.09. The molecular weight excluding hydrogens is 294 g/mol. The van der Waals surface area contributed by atoms with Gasteiger partial charge in [0, 0.05) is 45.5 Å². The summed E-state index contributed by atoms with van der Waals surface area (Å²) in [6.07, 6.45) is 1.61. The summed E-state index contributed by atoms with van der Waals surface area (Å²) < 4.78 is 5.33. The Kier molecular flexibility index (Phi) is 7.25. The lowest BCUT2D eigenvalue weighted by atomic mass is 10.2. The van der Waals surface area contributed by atoms with Gasteiger partial charge in [-0.25, -0.2) is 4.98 Å². The first-order valence-electron chi connectivity index (χ1n) is 8.08. The van der Waals surface area contributed by atoms with Crippen LogP contribution in [0.4, 0.5) is 5.82 Å². The van der Waals surface area contributed by atoms with E-state index >= 15 is 0 Å². The Morgan fingerprint density at radius 2 is 2.09 bits per heavy atom. The summed E-state index contributed by atoms with van der Waals surface area (Å²) >= 11 is 0. The zero-order valence-electron chi connectivity index (χ0n) is 14.0. The number of likely N-dealkylation sites (N-methyl/N-ethyl adjacent to an activating group) is 1. The van der Waals surface area contributed by atoms with Crippen LogP contribution >= 0.6 is 0 Å². The van der Waals surface area contributed by atoms with Gasteiger partial charge in [0.05, 0.1) is 18.8 Å². The van der Waals surface area contributed by atoms with Crippen LogP contribution in [0.5, 0.6) is 0 Å². The fourth-order valence-corrected chi connectivity index (χ4v) is 2.29. The van der Waals surface area contributed by atoms with Crippen LogP contribution in [-0.2, 0) is 4.74 Å². The molecule has 128 valence electrons. The number of anilines is 1. The summed E-state index contributed by atoms with van der Waals surface area (Å²) in [6, 6.07) is 3.65. The minimum absolute atomic E-state index is 0.0841. The van der Waals surface area contributed by atoms with Gasteiger partial charge in [-0.05, 0) is 26.2 Å². The normalized spacial score (nSPS) is 15.6. The third kappa shape index (κ3) is 6.52. The predicted octanol–water partition coefficient (Wildman–Crippen LogP) is 0.117. The fourth-order valence-electron chi connectivity index (χ4n) is 2.29. The van der Waals surface area contributed by atoms with Crippen molar-refractivity contribution >= 4 is 11.7 Å². The molecule has 1 aliphatic heterocycles. The number of carbonyl (C=O) groups excluding carboxylic acids is 1. The van der Waals surface area contributed by atoms with Crippen LogP contribution in [-0.4, -0.2) is 87.3 Å². The number of amides is 1. The maximum absolute atomic E-state index is 11.9. The average Bonchev–Trinajstić information content (AvgIpc) is 2.56. The van der Waals surface area contributed by atoms with Gasteiger partial charge < -0.3 is 20.3 Å². The van der Waals surface area contributed by atoms with Crippen molar-refractivity contribution in [3.63, 3.8) is 0 Å². The lowest BCUT2D eigenvalue weighted by Gasteiger charge is -2.26. The number of aromatic nitrogens is 1. The van der Waals surface area contributed by atoms with E-state index in [-0.39, 0.29) is 5.91 Å². The summed E-state index contributed by atoms with van der Waals surface area (Å²) in [4.78, 5) is 20.6. The van der Waals surface area contributed by atoms with E-state index in [1.807, 2.05) is 25.1 Å². The molecule has 1 saturated heterocycles. The second-order valence-corrected chi connectivity index (χ2v) is 5.87. The average molecular weight is 321 g/mol. The smallest absolute Gasteiger partial charge is 0.252 e. The number of carbonyl (C=O) groups is 1. The highest BCUT2D eigenvalue weighted by molar-refractivity contribution is 5.94. The molecule has 0 aliphatic carbocycles. The molecule has 0 unspecified atom stereocenters. The Morgan fingerprint density at radius 3 is 2.74 bits per heavy atom. The third-order valence-electron chi connectivity index (χ3n) is 3.71. The summed E-state index contributed by atoms with van der Waals surface area (Å²) in [7, 11) is 3.95. The standard InChI is InChI=1S/C16H27N5O2/c1-20(2)7-5-18-16(22)14-3-4-15(19-13-14)17-6-8-21-9-11-23-12-10-21/h3-4,13H,5-12H2,1-2H3,(H,17,19)(H,18,22). The minimum Gasteiger partial charge on any atom is -0.379 e. The van der Waals surface area contributed by atoms with E-state index in [1.165, 1.54) is 0 Å². The van der Waals surface area contributed by atoms with Crippen molar-refractivity contribution in [1.82, 2.24) is 20.1 Å². The van der Waals surface area contributed by atoms with Gasteiger partial charge in [-0.2, -0.15) is 0 Å². The summed E-state index contributed by atoms with van der Waals surface area (Å²) in [5, 5.41) is 6.16. The van der Waals surface area contributed by atoms with E-state index < -0.39 is 0 Å². The fraction of sp³-hybridized carbons (Fsp3) is 0.625. The molecule has 2 heterocycles. The molecule has 0 bridgehead atoms. The number of hydrogen-bond donors (Lipinski definition) is 2. The van der Waals surface area contributed by atoms with Crippen LogP contribution in [0.1, 0.15) is 10.4 Å². The molecule has 1 aliphatic rings. The number of ether oxygens (including phenoxy) is 1. The Bertz CT molecular complexity index is 472. The second-order valence-electron chi connectivity index (χ2n) is 5.87. The van der Waals surface area contributed by atoms with Crippen LogP contribution in [0.3, 0.4) is 0 Å². The molecular formula is C16H27N5O2. The first kappa shape index (κ1) is 17.7. The van der Waals surface area contributed by atoms with Crippen LogP contribution in [0.2, 0.25) is 0 Å². The van der Waals surface area contributed by atoms with E-state index in [1.54, 1.807) is 12.3 Å². The molecule has 1 aromatic heterocycles. The molecule has 2 N–H and O–H groups in total. The lowest BCUT2D eigenvalue weighted by Crippen LogP contribution is -2.39. The zero-order chi connectivity index (χ0) is 16.5. The van der Waals surface area contributed by atoms with Gasteiger partial charge in [-0.15, -0.1) is 0 Å². The molecule has 7 heteroatoms. The Balaban J connectivity index is 1.70. The van der Waals surface area contributed by atoms with Gasteiger partial charge in [0.2, 0.25) is 0 Å². The number of rotatable bonds is 8. The number of hydrogen-bond acceptors (Lipinski definition) is 6. The summed E-state index contributed by atoms with van der Waals surface area (Å²) in [5.74, 6) is 0.710. The van der Waals surface area contributed by atoms with E-state index in [4.69, 9.17) is 4.74 Å². The van der Waals surface area contributed by atoms with Gasteiger partial charge in [0.25, 0.3) is 5.91 Å². The second kappa shape index (κ2) is 9.44. The summed E-state index contributed by atoms with van der Waals surface area (Å²) in [6.45, 7) is 6.86. The van der Waals surface area contributed by atoms with Crippen LogP contribution in [0.15, 0.2) is 18.3 Å². The van der Waals surface area contributed by atoms with Crippen molar-refractivity contribution in [1.29, 1.82) is 0 Å². The summed E-state index contributed by atoms with van der Waals surface area (Å²) in [5.41, 5.74) is 0.586. The van der Waals surface area contributed by atoms with E-state index in [0.29, 0.717) is 12.1 Å². The SMILES string of the molecule is CN(C)CCNC(=O)c1ccc(NCCN2CCOCC2)nc1. The van der Waals surface area contributed by atoms with Gasteiger partial charge in [0.15, 0.2) is 0 Å². The van der Waals surface area contributed by atoms with Gasteiger partial charge >= 0.3 is 0 Å². The Hall–Kier alpha value is -1.70. The Labute approximate surface area is 138 Å². The zero-order valence-corrected chi connectivity index (χ0v) is 14.0. The predicted molar refractivity (Wildman–Crippen MR) is 90.9 cm³/mol. The third-order valence-corrected chi connectivity index (χ3v) is 3.71.